The maximum atomic E-state index is 14.0. The van der Waals surface area contributed by atoms with E-state index in [1.807, 2.05) is 90.1 Å². The SMILES string of the molecule is CC(C)(C)OC(=O)N1C(C(=O)Nc2ccc(CN(Cc3ccc(NC(=O)[C@@H]4C[C@@H]5CCC[C@@H]5N4C(=O)OC(C)(C)C)cc3)c3ccc(F)cc3)cc2)C[C@@H]2CCCC21. The first-order chi connectivity index (χ1) is 27.5. The summed E-state index contributed by atoms with van der Waals surface area (Å²) in [5.74, 6) is -0.160. The summed E-state index contributed by atoms with van der Waals surface area (Å²) in [6, 6.07) is 20.5. The molecule has 310 valence electrons. The molecular formula is C46H58FN5O6. The van der Waals surface area contributed by atoms with Crippen molar-refractivity contribution in [3.05, 3.63) is 89.7 Å². The van der Waals surface area contributed by atoms with Gasteiger partial charge in [0.05, 0.1) is 0 Å². The Kier molecular flexibility index (Phi) is 11.8. The second-order valence-corrected chi connectivity index (χ2v) is 18.5. The van der Waals surface area contributed by atoms with Crippen molar-refractivity contribution in [3.63, 3.8) is 0 Å². The summed E-state index contributed by atoms with van der Waals surface area (Å²) in [5, 5.41) is 6.09. The van der Waals surface area contributed by atoms with Crippen molar-refractivity contribution < 1.29 is 33.0 Å². The van der Waals surface area contributed by atoms with Gasteiger partial charge >= 0.3 is 12.2 Å². The van der Waals surface area contributed by atoms with Crippen LogP contribution in [0.1, 0.15) is 104 Å². The van der Waals surface area contributed by atoms with E-state index in [4.69, 9.17) is 9.47 Å². The molecule has 2 saturated carbocycles. The summed E-state index contributed by atoms with van der Waals surface area (Å²) in [6.07, 6.45) is 6.24. The third kappa shape index (κ3) is 9.59. The summed E-state index contributed by atoms with van der Waals surface area (Å²) < 4.78 is 25.4. The van der Waals surface area contributed by atoms with Crippen LogP contribution in [0.4, 0.5) is 31.0 Å². The Morgan fingerprint density at radius 1 is 0.621 bits per heavy atom. The van der Waals surface area contributed by atoms with Gasteiger partial charge in [-0.25, -0.2) is 14.0 Å². The smallest absolute Gasteiger partial charge is 0.411 e. The largest absolute Gasteiger partial charge is 0.444 e. The molecule has 2 unspecified atom stereocenters. The van der Waals surface area contributed by atoms with Crippen LogP contribution in [-0.4, -0.2) is 69.2 Å². The Hall–Kier alpha value is -5.13. The predicted octanol–water partition coefficient (Wildman–Crippen LogP) is 9.27. The number of hydrogen-bond acceptors (Lipinski definition) is 7. The molecule has 3 aromatic rings. The molecule has 58 heavy (non-hydrogen) atoms. The number of carbonyl (C=O) groups is 4. The Bertz CT molecular complexity index is 1840. The van der Waals surface area contributed by atoms with Gasteiger partial charge in [-0.1, -0.05) is 37.1 Å². The van der Waals surface area contributed by atoms with Crippen LogP contribution in [0.5, 0.6) is 0 Å². The first kappa shape index (κ1) is 41.0. The molecule has 4 aliphatic rings. The average molecular weight is 796 g/mol. The second-order valence-electron chi connectivity index (χ2n) is 18.5. The van der Waals surface area contributed by atoms with Crippen molar-refractivity contribution in [1.82, 2.24) is 9.80 Å². The van der Waals surface area contributed by atoms with Crippen molar-refractivity contribution in [2.24, 2.45) is 11.8 Å². The minimum atomic E-state index is -0.656. The lowest BCUT2D eigenvalue weighted by atomic mass is 10.0. The van der Waals surface area contributed by atoms with E-state index >= 15 is 0 Å². The molecule has 2 aliphatic heterocycles. The number of fused-ring (bicyclic) bond motifs is 2. The van der Waals surface area contributed by atoms with Crippen molar-refractivity contribution in [2.45, 2.75) is 141 Å². The average Bonchev–Trinajstić information content (AvgIpc) is 3.94. The first-order valence-corrected chi connectivity index (χ1v) is 20.8. The van der Waals surface area contributed by atoms with E-state index in [1.54, 1.807) is 21.9 Å². The number of rotatable bonds is 9. The molecule has 0 bridgehead atoms. The van der Waals surface area contributed by atoms with E-state index in [0.717, 1.165) is 55.3 Å². The number of benzene rings is 3. The minimum absolute atomic E-state index is 0.0220. The fraction of sp³-hybridized carbons (Fsp3) is 0.522. The Morgan fingerprint density at radius 2 is 1.02 bits per heavy atom. The molecule has 2 N–H and O–H groups in total. The maximum Gasteiger partial charge on any atom is 0.411 e. The fourth-order valence-corrected chi connectivity index (χ4v) is 9.37. The van der Waals surface area contributed by atoms with Crippen LogP contribution in [0.3, 0.4) is 0 Å². The molecular weight excluding hydrogens is 738 g/mol. The molecule has 12 heteroatoms. The van der Waals surface area contributed by atoms with Gasteiger partial charge in [-0.15, -0.1) is 0 Å². The number of anilines is 3. The van der Waals surface area contributed by atoms with E-state index in [0.29, 0.717) is 49.1 Å². The number of carbonyl (C=O) groups excluding carboxylic acids is 4. The number of nitrogens with one attached hydrogen (secondary N) is 2. The Morgan fingerprint density at radius 3 is 1.40 bits per heavy atom. The van der Waals surface area contributed by atoms with Crippen molar-refractivity contribution >= 4 is 41.1 Å². The molecule has 11 nitrogen and oxygen atoms in total. The van der Waals surface area contributed by atoms with Gasteiger partial charge in [0.1, 0.15) is 29.1 Å². The monoisotopic (exact) mass is 795 g/mol. The predicted molar refractivity (Wildman–Crippen MR) is 222 cm³/mol. The van der Waals surface area contributed by atoms with Crippen LogP contribution < -0.4 is 15.5 Å². The summed E-state index contributed by atoms with van der Waals surface area (Å²) in [5.41, 5.74) is 2.75. The third-order valence-corrected chi connectivity index (χ3v) is 11.9. The highest BCUT2D eigenvalue weighted by Crippen LogP contribution is 2.43. The first-order valence-electron chi connectivity index (χ1n) is 20.8. The zero-order valence-corrected chi connectivity index (χ0v) is 34.6. The van der Waals surface area contributed by atoms with E-state index in [-0.39, 0.29) is 29.7 Å². The van der Waals surface area contributed by atoms with Gasteiger partial charge in [0.25, 0.3) is 0 Å². The molecule has 0 radical (unpaired) electrons. The molecule has 4 fully saturated rings. The highest BCUT2D eigenvalue weighted by Gasteiger charge is 2.51. The van der Waals surface area contributed by atoms with Crippen LogP contribution in [0.25, 0.3) is 0 Å². The summed E-state index contributed by atoms with van der Waals surface area (Å²) >= 11 is 0. The Labute approximate surface area is 341 Å². The van der Waals surface area contributed by atoms with Crippen molar-refractivity contribution in [3.8, 4) is 0 Å². The van der Waals surface area contributed by atoms with E-state index in [9.17, 15) is 23.6 Å². The van der Waals surface area contributed by atoms with Gasteiger partial charge in [-0.2, -0.15) is 0 Å². The van der Waals surface area contributed by atoms with Crippen LogP contribution in [0.15, 0.2) is 72.8 Å². The Balaban J connectivity index is 0.998. The topological polar surface area (TPSA) is 121 Å². The zero-order valence-electron chi connectivity index (χ0n) is 34.6. The van der Waals surface area contributed by atoms with Gasteiger partial charge < -0.3 is 25.0 Å². The van der Waals surface area contributed by atoms with Gasteiger partial charge in [0.2, 0.25) is 11.8 Å². The van der Waals surface area contributed by atoms with Gasteiger partial charge in [-0.05, 0) is 152 Å². The van der Waals surface area contributed by atoms with Crippen molar-refractivity contribution in [2.75, 3.05) is 15.5 Å². The molecule has 2 aliphatic carbocycles. The van der Waals surface area contributed by atoms with Crippen LogP contribution in [0, 0.1) is 17.7 Å². The summed E-state index contributed by atoms with van der Waals surface area (Å²) in [6.45, 7) is 12.0. The van der Waals surface area contributed by atoms with E-state index < -0.39 is 35.5 Å². The van der Waals surface area contributed by atoms with Gasteiger partial charge in [-0.3, -0.25) is 19.4 Å². The molecule has 2 heterocycles. The standard InChI is InChI=1S/C46H58FN5O6/c1-45(2,3)57-43(55)51-37-11-7-9-31(37)25-39(51)41(53)48-34-19-13-29(14-20-34)27-50(36-23-17-33(47)18-24-36)28-30-15-21-35(22-16-30)49-42(54)40-26-32-10-8-12-38(32)52(40)44(56)58-46(4,5)6/h13-24,31-32,37-40H,7-12,25-28H2,1-6H3,(H,48,53)(H,49,54)/t31-,32-,37-,38?,39-,40?/m0/s1. The highest BCUT2D eigenvalue weighted by molar-refractivity contribution is 5.98. The van der Waals surface area contributed by atoms with Gasteiger partial charge in [0.15, 0.2) is 0 Å². The molecule has 6 atom stereocenters. The minimum Gasteiger partial charge on any atom is -0.444 e. The number of ether oxygens (including phenoxy) is 2. The van der Waals surface area contributed by atoms with E-state index in [2.05, 4.69) is 15.5 Å². The number of hydrogen-bond donors (Lipinski definition) is 2. The highest BCUT2D eigenvalue weighted by atomic mass is 19.1. The molecule has 4 amide bonds. The lowest BCUT2D eigenvalue weighted by molar-refractivity contribution is -0.121. The van der Waals surface area contributed by atoms with Crippen LogP contribution >= 0.6 is 0 Å². The zero-order chi connectivity index (χ0) is 41.4. The number of amides is 4. The molecule has 2 saturated heterocycles. The van der Waals surface area contributed by atoms with Gasteiger partial charge in [0, 0.05) is 42.2 Å². The number of likely N-dealkylation sites (tertiary alicyclic amines) is 2. The van der Waals surface area contributed by atoms with Crippen LogP contribution in [0.2, 0.25) is 0 Å². The lowest BCUT2D eigenvalue weighted by Gasteiger charge is -2.31. The lowest BCUT2D eigenvalue weighted by Crippen LogP contribution is -2.48. The normalized spacial score (nSPS) is 23.9. The fourth-order valence-electron chi connectivity index (χ4n) is 9.37. The molecule has 3 aromatic carbocycles. The third-order valence-electron chi connectivity index (χ3n) is 11.9. The second kappa shape index (κ2) is 16.6. The maximum absolute atomic E-state index is 14.0. The quantitative estimate of drug-likeness (QED) is 0.222. The van der Waals surface area contributed by atoms with Crippen molar-refractivity contribution in [1.29, 1.82) is 0 Å². The summed E-state index contributed by atoms with van der Waals surface area (Å²) in [7, 11) is 0. The molecule has 0 aromatic heterocycles. The number of halogens is 1. The molecule has 7 rings (SSSR count). The summed E-state index contributed by atoms with van der Waals surface area (Å²) in [4.78, 5) is 59.3. The van der Waals surface area contributed by atoms with Crippen LogP contribution in [-0.2, 0) is 32.2 Å². The molecule has 0 spiro atoms. The van der Waals surface area contributed by atoms with E-state index in [1.165, 1.54) is 12.1 Å². The number of nitrogens with zero attached hydrogens (tertiary/aromatic N) is 3.